The quantitative estimate of drug-likeness (QED) is 0.236. The zero-order valence-electron chi connectivity index (χ0n) is 22.9. The molecule has 2 amide bonds. The van der Waals surface area contributed by atoms with Crippen LogP contribution < -0.4 is 11.1 Å². The van der Waals surface area contributed by atoms with E-state index in [1.807, 2.05) is 32.9 Å². The average Bonchev–Trinajstić information content (AvgIpc) is 3.25. The van der Waals surface area contributed by atoms with E-state index in [0.717, 1.165) is 53.0 Å². The van der Waals surface area contributed by atoms with Crippen molar-refractivity contribution in [1.29, 1.82) is 0 Å². The Balaban J connectivity index is 1.25. The summed E-state index contributed by atoms with van der Waals surface area (Å²) in [6.45, 7) is 9.97. The van der Waals surface area contributed by atoms with Gasteiger partial charge in [0.25, 0.3) is 0 Å². The van der Waals surface area contributed by atoms with Crippen LogP contribution in [0.1, 0.15) is 54.8 Å². The fraction of sp³-hybridized carbons (Fsp3) is 0.536. The number of benzene rings is 1. The number of fused-ring (bicyclic) bond motifs is 3. The second-order valence-electron chi connectivity index (χ2n) is 11.1. The Morgan fingerprint density at radius 1 is 1.18 bits per heavy atom. The summed E-state index contributed by atoms with van der Waals surface area (Å²) in [5.74, 6) is -0.650. The van der Waals surface area contributed by atoms with Gasteiger partial charge in [-0.2, -0.15) is 0 Å². The van der Waals surface area contributed by atoms with Crippen LogP contribution in [0.15, 0.2) is 31.9 Å². The molecule has 4 heterocycles. The van der Waals surface area contributed by atoms with Crippen molar-refractivity contribution in [2.75, 3.05) is 39.3 Å². The van der Waals surface area contributed by atoms with Crippen molar-refractivity contribution in [2.24, 2.45) is 0 Å². The first-order valence-electron chi connectivity index (χ1n) is 13.5. The van der Waals surface area contributed by atoms with Gasteiger partial charge >= 0.3 is 247 Å². The van der Waals surface area contributed by atoms with Crippen molar-refractivity contribution < 1.29 is 28.3 Å². The van der Waals surface area contributed by atoms with Crippen LogP contribution in [0.3, 0.4) is 0 Å². The Morgan fingerprint density at radius 3 is 2.65 bits per heavy atom. The molecule has 5 rings (SSSR count). The number of hydrogen-bond acceptors (Lipinski definition) is 8. The molecule has 1 unspecified atom stereocenters. The Labute approximate surface area is 246 Å². The third-order valence-electron chi connectivity index (χ3n) is 6.91. The molecule has 1 N–H and O–H groups in total. The fourth-order valence-electron chi connectivity index (χ4n) is 4.79. The number of carbonyl (C=O) groups excluding carboxylic acids is 2. The van der Waals surface area contributed by atoms with E-state index in [1.54, 1.807) is 11.0 Å². The second kappa shape index (κ2) is 12.3. The van der Waals surface area contributed by atoms with E-state index in [-0.39, 0.29) is 26.2 Å². The van der Waals surface area contributed by atoms with Gasteiger partial charge in [-0.15, -0.1) is 0 Å². The summed E-state index contributed by atoms with van der Waals surface area (Å²) < 4.78 is 20.0. The number of ether oxygens (including phenoxy) is 2. The summed E-state index contributed by atoms with van der Waals surface area (Å²) >= 11 is 3.75. The molecule has 40 heavy (non-hydrogen) atoms. The SMILES string of the molecule is CC(C)(C)OC(=O)N1CCN(CCc2[se]c3c(ccc4cc(C(=O)NOC5CCCCO5)c(=O)oc43)c2Br)CC1. The van der Waals surface area contributed by atoms with E-state index in [1.165, 1.54) is 4.44 Å². The third-order valence-corrected chi connectivity index (χ3v) is 11.1. The number of hydrogen-bond donors (Lipinski definition) is 1. The molecular formula is C28H34BrN3O7Se. The van der Waals surface area contributed by atoms with E-state index >= 15 is 0 Å². The van der Waals surface area contributed by atoms with Gasteiger partial charge < -0.3 is 0 Å². The Hall–Kier alpha value is -2.21. The van der Waals surface area contributed by atoms with Gasteiger partial charge in [-0.1, -0.05) is 0 Å². The van der Waals surface area contributed by atoms with Gasteiger partial charge in [0.05, 0.1) is 0 Å². The number of nitrogens with one attached hydrogen (secondary N) is 1. The van der Waals surface area contributed by atoms with Crippen molar-refractivity contribution >= 4 is 63.0 Å². The van der Waals surface area contributed by atoms with Gasteiger partial charge in [0.2, 0.25) is 0 Å². The van der Waals surface area contributed by atoms with Crippen LogP contribution in [0.25, 0.3) is 20.6 Å². The van der Waals surface area contributed by atoms with Gasteiger partial charge in [0, 0.05) is 0 Å². The first-order valence-corrected chi connectivity index (χ1v) is 16.1. The number of piperazine rings is 1. The molecule has 2 fully saturated rings. The van der Waals surface area contributed by atoms with Crippen LogP contribution in [-0.2, 0) is 20.7 Å². The Kier molecular flexibility index (Phi) is 9.04. The molecule has 0 saturated carbocycles. The standard InChI is InChI=1S/C28H34BrN3O7Se/c1-28(2,3)38-27(35)32-13-11-31(12-14-32)10-9-20-22(29)18-8-7-17-16-19(26(34)37-23(17)24(18)40-20)25(33)30-39-21-6-4-5-15-36-21/h7-8,16,21H,4-6,9-15H2,1-3H3,(H,30,33). The molecule has 1 atom stereocenters. The fourth-order valence-corrected chi connectivity index (χ4v) is 8.49. The molecule has 1 aromatic carbocycles. The molecule has 216 valence electrons. The van der Waals surface area contributed by atoms with Crippen LogP contribution in [-0.4, -0.2) is 87.5 Å². The molecule has 2 aromatic heterocycles. The number of carbonyl (C=O) groups is 2. The average molecular weight is 683 g/mol. The molecular weight excluding hydrogens is 649 g/mol. The number of rotatable bonds is 6. The van der Waals surface area contributed by atoms with Gasteiger partial charge in [0.1, 0.15) is 0 Å². The maximum atomic E-state index is 12.8. The van der Waals surface area contributed by atoms with Crippen molar-refractivity contribution in [3.8, 4) is 0 Å². The first-order chi connectivity index (χ1) is 19.1. The maximum absolute atomic E-state index is 12.8. The van der Waals surface area contributed by atoms with E-state index in [2.05, 4.69) is 26.3 Å². The molecule has 2 aliphatic rings. The van der Waals surface area contributed by atoms with Crippen molar-refractivity contribution in [1.82, 2.24) is 15.3 Å². The summed E-state index contributed by atoms with van der Waals surface area (Å²) in [7, 11) is 0. The Bertz CT molecular complexity index is 1450. The predicted molar refractivity (Wildman–Crippen MR) is 155 cm³/mol. The topological polar surface area (TPSA) is 111 Å². The van der Waals surface area contributed by atoms with Gasteiger partial charge in [0.15, 0.2) is 0 Å². The molecule has 0 radical (unpaired) electrons. The van der Waals surface area contributed by atoms with Crippen LogP contribution in [0, 0.1) is 0 Å². The molecule has 10 nitrogen and oxygen atoms in total. The minimum absolute atomic E-state index is 0.0346. The van der Waals surface area contributed by atoms with E-state index in [4.69, 9.17) is 18.7 Å². The molecule has 0 bridgehead atoms. The minimum atomic E-state index is -0.699. The summed E-state index contributed by atoms with van der Waals surface area (Å²) in [5.41, 5.74) is 1.56. The third kappa shape index (κ3) is 6.80. The Morgan fingerprint density at radius 2 is 1.95 bits per heavy atom. The van der Waals surface area contributed by atoms with Crippen LogP contribution in [0.4, 0.5) is 4.79 Å². The van der Waals surface area contributed by atoms with Gasteiger partial charge in [-0.3, -0.25) is 0 Å². The van der Waals surface area contributed by atoms with Crippen LogP contribution >= 0.6 is 15.9 Å². The zero-order chi connectivity index (χ0) is 28.4. The number of hydroxylamine groups is 1. The summed E-state index contributed by atoms with van der Waals surface area (Å²) in [4.78, 5) is 47.3. The second-order valence-corrected chi connectivity index (χ2v) is 14.2. The van der Waals surface area contributed by atoms with Crippen molar-refractivity contribution in [3.63, 3.8) is 0 Å². The number of nitrogens with zero attached hydrogens (tertiary/aromatic N) is 2. The molecule has 2 saturated heterocycles. The summed E-state index contributed by atoms with van der Waals surface area (Å²) in [5, 5.41) is 1.72. The first kappa shape index (κ1) is 29.3. The predicted octanol–water partition coefficient (Wildman–Crippen LogP) is 4.05. The molecule has 12 heteroatoms. The van der Waals surface area contributed by atoms with E-state index in [0.29, 0.717) is 37.1 Å². The zero-order valence-corrected chi connectivity index (χ0v) is 26.2. The molecule has 0 spiro atoms. The van der Waals surface area contributed by atoms with Crippen molar-refractivity contribution in [3.05, 3.63) is 43.1 Å². The van der Waals surface area contributed by atoms with Crippen molar-refractivity contribution in [2.45, 2.75) is 58.3 Å². The molecule has 3 aromatic rings. The van der Waals surface area contributed by atoms with E-state index in [9.17, 15) is 14.4 Å². The molecule has 2 aliphatic heterocycles. The molecule has 0 aliphatic carbocycles. The van der Waals surface area contributed by atoms with Gasteiger partial charge in [-0.05, 0) is 0 Å². The van der Waals surface area contributed by atoms with E-state index < -0.39 is 23.4 Å². The summed E-state index contributed by atoms with van der Waals surface area (Å²) in [6.07, 6.45) is 2.72. The number of halogens is 1. The van der Waals surface area contributed by atoms with Crippen LogP contribution in [0.2, 0.25) is 0 Å². The van der Waals surface area contributed by atoms with Gasteiger partial charge in [-0.25, -0.2) is 0 Å². The van der Waals surface area contributed by atoms with Crippen LogP contribution in [0.5, 0.6) is 0 Å². The normalized spacial score (nSPS) is 18.8. The summed E-state index contributed by atoms with van der Waals surface area (Å²) in [6, 6.07) is 5.44. The monoisotopic (exact) mass is 683 g/mol. The number of amides is 2.